The number of fused-ring (bicyclic) bond motifs is 1. The Balaban J connectivity index is 1.71. The van der Waals surface area contributed by atoms with Gasteiger partial charge < -0.3 is 19.7 Å². The Hall–Kier alpha value is -3.34. The number of halogens is 1. The van der Waals surface area contributed by atoms with Gasteiger partial charge in [-0.2, -0.15) is 0 Å². The minimum atomic E-state index is -3.63. The number of hydrogen-bond donors (Lipinski definition) is 1. The van der Waals surface area contributed by atoms with Gasteiger partial charge in [-0.05, 0) is 50.1 Å². The summed E-state index contributed by atoms with van der Waals surface area (Å²) in [6, 6.07) is 9.80. The van der Waals surface area contributed by atoms with Crippen LogP contribution in [0, 0.1) is 5.82 Å². The van der Waals surface area contributed by atoms with Crippen LogP contribution in [-0.2, 0) is 26.2 Å². The summed E-state index contributed by atoms with van der Waals surface area (Å²) in [6.07, 6.45) is 1.33. The third kappa shape index (κ3) is 6.84. The lowest BCUT2D eigenvalue weighted by Gasteiger charge is -2.29. The number of sulfonamides is 1. The van der Waals surface area contributed by atoms with Crippen molar-refractivity contribution < 1.29 is 31.9 Å². The number of likely N-dealkylation sites (N-methyl/N-ethyl adjacent to an activating group) is 1. The Morgan fingerprint density at radius 2 is 1.80 bits per heavy atom. The zero-order valence-electron chi connectivity index (χ0n) is 20.0. The molecule has 1 N–H and O–H groups in total. The second-order valence-corrected chi connectivity index (χ2v) is 10.1. The fourth-order valence-electron chi connectivity index (χ4n) is 3.74. The molecule has 1 aliphatic rings. The van der Waals surface area contributed by atoms with E-state index < -0.39 is 21.9 Å². The topological polar surface area (TPSA) is 105 Å². The highest BCUT2D eigenvalue weighted by molar-refractivity contribution is 7.92. The highest BCUT2D eigenvalue weighted by Crippen LogP contribution is 2.36. The average Bonchev–Trinajstić information content (AvgIpc) is 3.28. The van der Waals surface area contributed by atoms with E-state index >= 15 is 0 Å². The Bertz CT molecular complexity index is 1160. The van der Waals surface area contributed by atoms with Gasteiger partial charge in [0, 0.05) is 32.1 Å². The second kappa shape index (κ2) is 11.4. The van der Waals surface area contributed by atoms with Crippen LogP contribution < -0.4 is 19.1 Å². The molecule has 2 aromatic rings. The molecule has 0 fully saturated rings. The van der Waals surface area contributed by atoms with Crippen LogP contribution in [0.5, 0.6) is 11.5 Å². The fraction of sp³-hybridized carbons (Fsp3) is 0.417. The summed E-state index contributed by atoms with van der Waals surface area (Å²) in [6.45, 7) is 4.08. The van der Waals surface area contributed by atoms with E-state index in [1.165, 1.54) is 21.3 Å². The molecule has 0 bridgehead atoms. The smallest absolute Gasteiger partial charge is 0.242 e. The fourth-order valence-corrected chi connectivity index (χ4v) is 4.69. The summed E-state index contributed by atoms with van der Waals surface area (Å²) in [5.41, 5.74) is 1.08. The van der Waals surface area contributed by atoms with Gasteiger partial charge in [0.2, 0.25) is 28.6 Å². The molecule has 0 aromatic heterocycles. The van der Waals surface area contributed by atoms with E-state index in [-0.39, 0.29) is 44.5 Å². The third-order valence-electron chi connectivity index (χ3n) is 5.58. The monoisotopic (exact) mass is 507 g/mol. The molecule has 190 valence electrons. The maximum atomic E-state index is 13.3. The summed E-state index contributed by atoms with van der Waals surface area (Å²) in [5, 5.41) is 2.71. The number of benzene rings is 2. The van der Waals surface area contributed by atoms with Crippen LogP contribution in [0.3, 0.4) is 0 Å². The lowest BCUT2D eigenvalue weighted by atomic mass is 10.1. The first kappa shape index (κ1) is 26.3. The molecule has 11 heteroatoms. The van der Waals surface area contributed by atoms with Crippen LogP contribution in [0.1, 0.15) is 32.3 Å². The quantitative estimate of drug-likeness (QED) is 0.501. The van der Waals surface area contributed by atoms with Crippen LogP contribution in [0.15, 0.2) is 42.5 Å². The van der Waals surface area contributed by atoms with Crippen molar-refractivity contribution in [2.45, 2.75) is 39.3 Å². The Labute approximate surface area is 204 Å². The summed E-state index contributed by atoms with van der Waals surface area (Å²) < 4.78 is 50.0. The summed E-state index contributed by atoms with van der Waals surface area (Å²) in [5.74, 6) is -0.0253. The van der Waals surface area contributed by atoms with E-state index in [9.17, 15) is 22.4 Å². The minimum Gasteiger partial charge on any atom is -0.454 e. The molecule has 2 aromatic carbocycles. The number of hydrogen-bond acceptors (Lipinski definition) is 6. The molecule has 3 rings (SSSR count). The van der Waals surface area contributed by atoms with Crippen molar-refractivity contribution in [3.63, 3.8) is 0 Å². The van der Waals surface area contributed by atoms with Gasteiger partial charge in [0.25, 0.3) is 0 Å². The van der Waals surface area contributed by atoms with E-state index in [0.717, 1.165) is 6.26 Å². The first-order chi connectivity index (χ1) is 16.6. The molecule has 1 atom stereocenters. The van der Waals surface area contributed by atoms with Crippen LogP contribution >= 0.6 is 0 Å². The predicted octanol–water partition coefficient (Wildman–Crippen LogP) is 2.65. The zero-order valence-corrected chi connectivity index (χ0v) is 20.8. The van der Waals surface area contributed by atoms with E-state index in [1.807, 2.05) is 0 Å². The molecule has 0 saturated heterocycles. The standard InChI is InChI=1S/C24H30FN3O6S/c1-4-26-24(30)17(2)27(15-18-7-9-19(25)10-8-18)23(29)6-5-13-28(35(3,31)32)20-11-12-21-22(14-20)34-16-33-21/h7-12,14,17H,4-6,13,15-16H2,1-3H3,(H,26,30)/t17-/m0/s1. The molecule has 0 aliphatic carbocycles. The maximum absolute atomic E-state index is 13.3. The van der Waals surface area contributed by atoms with Crippen molar-refractivity contribution in [3.8, 4) is 11.5 Å². The number of rotatable bonds is 11. The second-order valence-electron chi connectivity index (χ2n) is 8.19. The van der Waals surface area contributed by atoms with Gasteiger partial charge in [-0.25, -0.2) is 12.8 Å². The van der Waals surface area contributed by atoms with Gasteiger partial charge in [0.1, 0.15) is 11.9 Å². The molecule has 1 aliphatic heterocycles. The van der Waals surface area contributed by atoms with Crippen molar-refractivity contribution in [1.29, 1.82) is 0 Å². The van der Waals surface area contributed by atoms with Crippen molar-refractivity contribution in [3.05, 3.63) is 53.8 Å². The van der Waals surface area contributed by atoms with Crippen molar-refractivity contribution in [1.82, 2.24) is 10.2 Å². The Morgan fingerprint density at radius 3 is 2.46 bits per heavy atom. The molecule has 0 radical (unpaired) electrons. The van der Waals surface area contributed by atoms with E-state index in [2.05, 4.69) is 5.32 Å². The minimum absolute atomic E-state index is 0.0154. The molecule has 9 nitrogen and oxygen atoms in total. The van der Waals surface area contributed by atoms with Crippen LogP contribution in [-0.4, -0.2) is 57.3 Å². The van der Waals surface area contributed by atoms with Crippen LogP contribution in [0.2, 0.25) is 0 Å². The van der Waals surface area contributed by atoms with Gasteiger partial charge in [-0.15, -0.1) is 0 Å². The van der Waals surface area contributed by atoms with Gasteiger partial charge >= 0.3 is 0 Å². The largest absolute Gasteiger partial charge is 0.454 e. The van der Waals surface area contributed by atoms with Crippen molar-refractivity contribution >= 4 is 27.5 Å². The Morgan fingerprint density at radius 1 is 1.11 bits per heavy atom. The number of carbonyl (C=O) groups excluding carboxylic acids is 2. The SMILES string of the molecule is CCNC(=O)[C@H](C)N(Cc1ccc(F)cc1)C(=O)CCCN(c1ccc2c(c1)OCO2)S(C)(=O)=O. The molecule has 1 heterocycles. The maximum Gasteiger partial charge on any atom is 0.242 e. The summed E-state index contributed by atoms with van der Waals surface area (Å²) in [4.78, 5) is 27.0. The lowest BCUT2D eigenvalue weighted by Crippen LogP contribution is -2.47. The number of ether oxygens (including phenoxy) is 2. The van der Waals surface area contributed by atoms with Gasteiger partial charge in [0.05, 0.1) is 11.9 Å². The van der Waals surface area contributed by atoms with Crippen molar-refractivity contribution in [2.24, 2.45) is 0 Å². The zero-order chi connectivity index (χ0) is 25.6. The number of amides is 2. The molecule has 0 saturated carbocycles. The highest BCUT2D eigenvalue weighted by Gasteiger charge is 2.27. The summed E-state index contributed by atoms with van der Waals surface area (Å²) >= 11 is 0. The Kier molecular flexibility index (Phi) is 8.55. The first-order valence-corrected chi connectivity index (χ1v) is 13.1. The third-order valence-corrected chi connectivity index (χ3v) is 6.77. The number of nitrogens with one attached hydrogen (secondary N) is 1. The molecule has 0 unspecified atom stereocenters. The molecule has 2 amide bonds. The average molecular weight is 508 g/mol. The number of anilines is 1. The van der Waals surface area contributed by atoms with E-state index in [4.69, 9.17) is 9.47 Å². The summed E-state index contributed by atoms with van der Waals surface area (Å²) in [7, 11) is -3.63. The van der Waals surface area contributed by atoms with Gasteiger partial charge in [0.15, 0.2) is 11.5 Å². The molecule has 35 heavy (non-hydrogen) atoms. The van der Waals surface area contributed by atoms with Crippen molar-refractivity contribution in [2.75, 3.05) is 30.4 Å². The normalized spacial score (nSPS) is 13.3. The highest BCUT2D eigenvalue weighted by atomic mass is 32.2. The predicted molar refractivity (Wildman–Crippen MR) is 129 cm³/mol. The van der Waals surface area contributed by atoms with Gasteiger partial charge in [-0.1, -0.05) is 12.1 Å². The van der Waals surface area contributed by atoms with Gasteiger partial charge in [-0.3, -0.25) is 13.9 Å². The molecule has 0 spiro atoms. The lowest BCUT2D eigenvalue weighted by molar-refractivity contribution is -0.140. The van der Waals surface area contributed by atoms with Crippen LogP contribution in [0.25, 0.3) is 0 Å². The number of carbonyl (C=O) groups is 2. The van der Waals surface area contributed by atoms with E-state index in [1.54, 1.807) is 44.2 Å². The van der Waals surface area contributed by atoms with E-state index in [0.29, 0.717) is 29.3 Å². The molecular formula is C24H30FN3O6S. The molecular weight excluding hydrogens is 477 g/mol. The first-order valence-electron chi connectivity index (χ1n) is 11.3. The number of nitrogens with zero attached hydrogens (tertiary/aromatic N) is 2. The van der Waals surface area contributed by atoms with Crippen LogP contribution in [0.4, 0.5) is 10.1 Å².